The number of aromatic nitrogens is 1. The molecule has 0 bridgehead atoms. The minimum atomic E-state index is -0.351. The number of hydrazine groups is 1. The number of nitrogens with one attached hydrogen (secondary N) is 1. The van der Waals surface area contributed by atoms with Crippen LogP contribution in [0.5, 0.6) is 0 Å². The van der Waals surface area contributed by atoms with Gasteiger partial charge in [0.1, 0.15) is 5.82 Å². The van der Waals surface area contributed by atoms with Gasteiger partial charge in [-0.05, 0) is 30.0 Å². The molecule has 0 saturated heterocycles. The molecule has 2 aromatic heterocycles. The molecule has 2 rings (SSSR count). The van der Waals surface area contributed by atoms with Crippen molar-refractivity contribution in [2.24, 2.45) is 5.84 Å². The van der Waals surface area contributed by atoms with E-state index in [1.54, 1.807) is 23.6 Å². The fraction of sp³-hybridized carbons (Fsp3) is 0.182. The lowest BCUT2D eigenvalue weighted by Crippen LogP contribution is -2.29. The van der Waals surface area contributed by atoms with Gasteiger partial charge < -0.3 is 0 Å². The summed E-state index contributed by atoms with van der Waals surface area (Å²) in [6.07, 6.45) is 2.76. The zero-order chi connectivity index (χ0) is 11.5. The third-order valence-electron chi connectivity index (χ3n) is 2.49. The third kappa shape index (κ3) is 1.97. The molecule has 3 nitrogen and oxygen atoms in total. The van der Waals surface area contributed by atoms with Gasteiger partial charge in [0.05, 0.1) is 12.2 Å². The number of hydrogen-bond acceptors (Lipinski definition) is 4. The monoisotopic (exact) mass is 237 g/mol. The van der Waals surface area contributed by atoms with Crippen LogP contribution in [0.4, 0.5) is 4.39 Å². The summed E-state index contributed by atoms with van der Waals surface area (Å²) in [7, 11) is 0. The van der Waals surface area contributed by atoms with Crippen molar-refractivity contribution in [3.63, 3.8) is 0 Å². The van der Waals surface area contributed by atoms with Gasteiger partial charge in [-0.25, -0.2) is 9.82 Å². The summed E-state index contributed by atoms with van der Waals surface area (Å²) in [4.78, 5) is 4.85. The van der Waals surface area contributed by atoms with Gasteiger partial charge >= 0.3 is 0 Å². The molecule has 2 aromatic rings. The number of nitrogens with two attached hydrogens (primary N) is 1. The van der Waals surface area contributed by atoms with Crippen molar-refractivity contribution in [2.45, 2.75) is 13.0 Å². The predicted molar refractivity (Wildman–Crippen MR) is 62.4 cm³/mol. The molecular weight excluding hydrogens is 225 g/mol. The number of thiophene rings is 1. The molecule has 2 heterocycles. The fourth-order valence-electron chi connectivity index (χ4n) is 1.66. The predicted octanol–water partition coefficient (Wildman–Crippen LogP) is 2.14. The average molecular weight is 237 g/mol. The van der Waals surface area contributed by atoms with E-state index in [-0.39, 0.29) is 11.9 Å². The van der Waals surface area contributed by atoms with Gasteiger partial charge in [0.15, 0.2) is 0 Å². The van der Waals surface area contributed by atoms with Crippen molar-refractivity contribution in [3.8, 4) is 0 Å². The Bertz CT molecular complexity index is 484. The van der Waals surface area contributed by atoms with E-state index in [0.717, 1.165) is 10.4 Å². The minimum Gasteiger partial charge on any atom is -0.271 e. The maximum atomic E-state index is 13.6. The number of hydrogen-bond donors (Lipinski definition) is 2. The van der Waals surface area contributed by atoms with E-state index < -0.39 is 0 Å². The normalized spacial score (nSPS) is 12.7. The smallest absolute Gasteiger partial charge is 0.146 e. The summed E-state index contributed by atoms with van der Waals surface area (Å²) in [5, 5.41) is 1.97. The van der Waals surface area contributed by atoms with Crippen LogP contribution in [-0.4, -0.2) is 4.98 Å². The van der Waals surface area contributed by atoms with Crippen molar-refractivity contribution in [1.29, 1.82) is 0 Å². The molecule has 0 aliphatic carbocycles. The van der Waals surface area contributed by atoms with Gasteiger partial charge in [-0.1, -0.05) is 0 Å². The summed E-state index contributed by atoms with van der Waals surface area (Å²) < 4.78 is 13.6. The van der Waals surface area contributed by atoms with Crippen LogP contribution in [0.15, 0.2) is 29.9 Å². The molecule has 1 unspecified atom stereocenters. The van der Waals surface area contributed by atoms with Gasteiger partial charge in [0, 0.05) is 16.6 Å². The standard InChI is InChI=1S/C11H12FN3S/c1-7-8(3-5-16-7)11(15-13)9-2-4-14-6-10(9)12/h2-6,11,15H,13H2,1H3. The van der Waals surface area contributed by atoms with E-state index in [4.69, 9.17) is 5.84 Å². The maximum Gasteiger partial charge on any atom is 0.146 e. The van der Waals surface area contributed by atoms with Crippen molar-refractivity contribution in [3.05, 3.63) is 51.7 Å². The Morgan fingerprint density at radius 3 is 2.81 bits per heavy atom. The molecule has 0 spiro atoms. The molecule has 0 aromatic carbocycles. The molecule has 0 radical (unpaired) electrons. The van der Waals surface area contributed by atoms with Crippen LogP contribution in [0.1, 0.15) is 22.0 Å². The van der Waals surface area contributed by atoms with Crippen LogP contribution in [0.25, 0.3) is 0 Å². The Balaban J connectivity index is 2.45. The van der Waals surface area contributed by atoms with Crippen LogP contribution < -0.4 is 11.3 Å². The van der Waals surface area contributed by atoms with Gasteiger partial charge in [-0.2, -0.15) is 0 Å². The van der Waals surface area contributed by atoms with Gasteiger partial charge in [0.25, 0.3) is 0 Å². The second kappa shape index (κ2) is 4.69. The third-order valence-corrected chi connectivity index (χ3v) is 3.35. The van der Waals surface area contributed by atoms with E-state index in [1.165, 1.54) is 6.20 Å². The first-order valence-electron chi connectivity index (χ1n) is 4.83. The highest BCUT2D eigenvalue weighted by molar-refractivity contribution is 7.10. The second-order valence-electron chi connectivity index (χ2n) is 3.43. The Labute approximate surface area is 97.1 Å². The molecule has 3 N–H and O–H groups in total. The Hall–Kier alpha value is -1.30. The molecular formula is C11H12FN3S. The van der Waals surface area contributed by atoms with Gasteiger partial charge in [-0.3, -0.25) is 10.8 Å². The number of pyridine rings is 1. The topological polar surface area (TPSA) is 50.9 Å². The molecule has 0 aliphatic heterocycles. The number of nitrogens with zero attached hydrogens (tertiary/aromatic N) is 1. The molecule has 0 saturated carbocycles. The number of aryl methyl sites for hydroxylation is 1. The lowest BCUT2D eigenvalue weighted by molar-refractivity contribution is 0.555. The van der Waals surface area contributed by atoms with E-state index >= 15 is 0 Å². The zero-order valence-electron chi connectivity index (χ0n) is 8.77. The lowest BCUT2D eigenvalue weighted by Gasteiger charge is -2.16. The summed E-state index contributed by atoms with van der Waals surface area (Å²) in [5.74, 6) is 5.15. The van der Waals surface area contributed by atoms with E-state index in [9.17, 15) is 4.39 Å². The first-order chi connectivity index (χ1) is 7.74. The largest absolute Gasteiger partial charge is 0.271 e. The second-order valence-corrected chi connectivity index (χ2v) is 4.55. The highest BCUT2D eigenvalue weighted by Crippen LogP contribution is 2.28. The molecule has 0 fully saturated rings. The Morgan fingerprint density at radius 1 is 1.44 bits per heavy atom. The van der Waals surface area contributed by atoms with Crippen molar-refractivity contribution in [1.82, 2.24) is 10.4 Å². The summed E-state index contributed by atoms with van der Waals surface area (Å²) in [6, 6.07) is 3.26. The molecule has 5 heteroatoms. The number of halogens is 1. The minimum absolute atomic E-state index is 0.325. The molecule has 84 valence electrons. The maximum absolute atomic E-state index is 13.6. The zero-order valence-corrected chi connectivity index (χ0v) is 9.59. The molecule has 0 amide bonds. The quantitative estimate of drug-likeness (QED) is 0.635. The van der Waals surface area contributed by atoms with E-state index in [1.807, 2.05) is 18.4 Å². The van der Waals surface area contributed by atoms with Gasteiger partial charge in [-0.15, -0.1) is 11.3 Å². The number of rotatable bonds is 3. The summed E-state index contributed by atoms with van der Waals surface area (Å²) >= 11 is 1.61. The first-order valence-corrected chi connectivity index (χ1v) is 5.71. The van der Waals surface area contributed by atoms with E-state index in [2.05, 4.69) is 10.4 Å². The van der Waals surface area contributed by atoms with Crippen LogP contribution in [0.3, 0.4) is 0 Å². The Morgan fingerprint density at radius 2 is 2.25 bits per heavy atom. The van der Waals surface area contributed by atoms with Crippen LogP contribution in [-0.2, 0) is 0 Å². The van der Waals surface area contributed by atoms with Crippen molar-refractivity contribution < 1.29 is 4.39 Å². The van der Waals surface area contributed by atoms with Crippen molar-refractivity contribution >= 4 is 11.3 Å². The summed E-state index contributed by atoms with van der Waals surface area (Å²) in [6.45, 7) is 1.99. The molecule has 0 aliphatic rings. The molecule has 16 heavy (non-hydrogen) atoms. The Kier molecular flexibility index (Phi) is 3.28. The highest BCUT2D eigenvalue weighted by Gasteiger charge is 2.18. The van der Waals surface area contributed by atoms with Crippen molar-refractivity contribution in [2.75, 3.05) is 0 Å². The fourth-order valence-corrected chi connectivity index (χ4v) is 2.40. The average Bonchev–Trinajstić information content (AvgIpc) is 2.69. The van der Waals surface area contributed by atoms with Gasteiger partial charge in [0.2, 0.25) is 0 Å². The van der Waals surface area contributed by atoms with Crippen LogP contribution in [0.2, 0.25) is 0 Å². The first kappa shape index (κ1) is 11.2. The lowest BCUT2D eigenvalue weighted by atomic mass is 10.0. The van der Waals surface area contributed by atoms with E-state index in [0.29, 0.717) is 5.56 Å². The van der Waals surface area contributed by atoms with Crippen LogP contribution >= 0.6 is 11.3 Å². The SMILES string of the molecule is Cc1sccc1C(NN)c1ccncc1F. The molecule has 1 atom stereocenters. The summed E-state index contributed by atoms with van der Waals surface area (Å²) in [5.41, 5.74) is 4.15. The highest BCUT2D eigenvalue weighted by atomic mass is 32.1. The van der Waals surface area contributed by atoms with Crippen LogP contribution in [0, 0.1) is 12.7 Å².